The van der Waals surface area contributed by atoms with Crippen molar-refractivity contribution >= 4 is 71.1 Å². The van der Waals surface area contributed by atoms with Crippen LogP contribution >= 0.6 is 0 Å². The fourth-order valence-corrected chi connectivity index (χ4v) is 8.00. The average Bonchev–Trinajstić information content (AvgIpc) is 4.00. The van der Waals surface area contributed by atoms with E-state index in [0.717, 1.165) is 23.6 Å². The molecule has 31 heteroatoms. The highest BCUT2D eigenvalue weighted by atomic mass is 16.4. The lowest BCUT2D eigenvalue weighted by Crippen LogP contribution is -2.62. The van der Waals surface area contributed by atoms with E-state index in [9.17, 15) is 63.3 Å². The first-order valence-corrected chi connectivity index (χ1v) is 27.3. The molecule has 0 aliphatic rings. The number of hydrogen-bond donors (Lipinski definition) is 16. The zero-order valence-corrected chi connectivity index (χ0v) is 48.0. The maximum Gasteiger partial charge on any atom is 0.323 e. The number of benzene rings is 1. The van der Waals surface area contributed by atoms with Gasteiger partial charge in [-0.15, -0.1) is 0 Å². The minimum atomic E-state index is -1.85. The van der Waals surface area contributed by atoms with Crippen molar-refractivity contribution in [2.75, 3.05) is 45.8 Å². The Kier molecular flexibility index (Phi) is 31.3. The molecule has 462 valence electrons. The molecule has 1 aromatic heterocycles. The van der Waals surface area contributed by atoms with Crippen LogP contribution in [0.5, 0.6) is 0 Å². The fraction of sp³-hybridized carbons (Fsp3) is 0.596. The number of rotatable bonds is 38. The molecular formula is C52H86N18O13. The van der Waals surface area contributed by atoms with Gasteiger partial charge in [-0.05, 0) is 57.9 Å². The number of aromatic amines is 1. The molecule has 10 atom stereocenters. The number of nitrogens with zero attached hydrogens (tertiary/aromatic N) is 5. The number of unbranched alkanes of at least 4 members (excludes halogenated alkanes) is 1. The Labute approximate surface area is 481 Å². The molecule has 83 heavy (non-hydrogen) atoms. The third kappa shape index (κ3) is 26.3. The molecule has 31 nitrogen and oxygen atoms in total. The first-order chi connectivity index (χ1) is 39.2. The molecule has 0 saturated heterocycles. The lowest BCUT2D eigenvalue weighted by atomic mass is 9.97. The number of aromatic nitrogens is 2. The van der Waals surface area contributed by atoms with Crippen molar-refractivity contribution in [1.29, 1.82) is 0 Å². The number of imidazole rings is 1. The number of carbonyl (C=O) groups is 10. The highest BCUT2D eigenvalue weighted by Gasteiger charge is 2.37. The molecule has 0 radical (unpaired) electrons. The predicted molar refractivity (Wildman–Crippen MR) is 304 cm³/mol. The lowest BCUT2D eigenvalue weighted by molar-refractivity contribution is -0.147. The number of amides is 9. The Morgan fingerprint density at radius 3 is 1.78 bits per heavy atom. The van der Waals surface area contributed by atoms with Crippen molar-refractivity contribution in [2.45, 2.75) is 147 Å². The smallest absolute Gasteiger partial charge is 0.323 e. The molecule has 1 heterocycles. The van der Waals surface area contributed by atoms with Gasteiger partial charge in [0.25, 0.3) is 0 Å². The largest absolute Gasteiger partial charge is 0.480 e. The molecule has 9 amide bonds. The van der Waals surface area contributed by atoms with Gasteiger partial charge in [0, 0.05) is 50.9 Å². The standard InChI is InChI=1S/C52H86N18O13/c1-7-9-20-70(27-40(75)76)50(83)41(29(3)8-2)66-38(73)26-69(21-14-19-60-52(56)57)39(74)25-61-48(81)42(31(5)71)68-49(82)43(32(6)72)67-47(80)37(23-34-24-58-28-62-34)65-46(79)36(22-33-15-11-10-12-16-33)64-44(77)30(4)63-45(78)35(53)17-13-18-59-51(54)55/h10-12,15-16,24,28-32,35-37,41-43,71-72H,7-9,13-14,17-23,25-27,53H2,1-6H3,(H,58,62)(H,61,81)(H,63,78)(H,64,77)(H,65,79)(H,66,73)(H,67,80)(H,68,82)(H,75,76)(H4,54,55,59)(H4,56,57,60)/t29?,30-,31+,32+,35-,36+,37-,41-,42-,43-/m0/s1. The van der Waals surface area contributed by atoms with Crippen molar-refractivity contribution < 1.29 is 63.3 Å². The highest BCUT2D eigenvalue weighted by molar-refractivity contribution is 5.98. The second kappa shape index (κ2) is 36.8. The third-order valence-electron chi connectivity index (χ3n) is 12.9. The van der Waals surface area contributed by atoms with Gasteiger partial charge in [0.15, 0.2) is 11.9 Å². The summed E-state index contributed by atoms with van der Waals surface area (Å²) in [5.41, 5.74) is 28.6. The van der Waals surface area contributed by atoms with Crippen LogP contribution in [0.4, 0.5) is 0 Å². The van der Waals surface area contributed by atoms with E-state index >= 15 is 0 Å². The van der Waals surface area contributed by atoms with Crippen LogP contribution in [0.2, 0.25) is 0 Å². The van der Waals surface area contributed by atoms with Crippen molar-refractivity contribution in [1.82, 2.24) is 57.0 Å². The number of carboxylic acids is 1. The average molecular weight is 1170 g/mol. The number of guanidine groups is 2. The monoisotopic (exact) mass is 1170 g/mol. The van der Waals surface area contributed by atoms with E-state index in [1.54, 1.807) is 44.2 Å². The topological polar surface area (TPSA) is 506 Å². The zero-order valence-electron chi connectivity index (χ0n) is 48.0. The van der Waals surface area contributed by atoms with Gasteiger partial charge >= 0.3 is 5.97 Å². The Bertz CT molecular complexity index is 2490. The summed E-state index contributed by atoms with van der Waals surface area (Å²) in [6.45, 7) is 7.22. The number of aliphatic carboxylic acids is 1. The SMILES string of the molecule is CCCCN(CC(=O)O)C(=O)[C@@H](NC(=O)CN(CCCN=C(N)N)C(=O)CNC(=O)[C@@H](NC(=O)[C@@H](NC(=O)[C@H](Cc1cnc[nH]1)NC(=O)[C@@H](Cc1ccccc1)NC(=O)[C@H](C)NC(=O)[C@@H](N)CCCN=C(N)N)[C@@H](C)O)[C@@H](C)O)C(C)CC. The van der Waals surface area contributed by atoms with Gasteiger partial charge in [-0.2, -0.15) is 0 Å². The minimum absolute atomic E-state index is 0.0277. The molecule has 0 aliphatic heterocycles. The van der Waals surface area contributed by atoms with Crippen LogP contribution in [0.25, 0.3) is 0 Å². The van der Waals surface area contributed by atoms with E-state index in [1.165, 1.54) is 19.4 Å². The van der Waals surface area contributed by atoms with Crippen LogP contribution in [-0.2, 0) is 60.8 Å². The number of aliphatic hydroxyl groups excluding tert-OH is 2. The molecule has 2 rings (SSSR count). The van der Waals surface area contributed by atoms with Crippen LogP contribution in [0.15, 0.2) is 52.8 Å². The molecule has 0 fully saturated rings. The van der Waals surface area contributed by atoms with Gasteiger partial charge < -0.3 is 96.0 Å². The Balaban J connectivity index is 2.33. The molecular weight excluding hydrogens is 1080 g/mol. The molecule has 0 spiro atoms. The molecule has 21 N–H and O–H groups in total. The van der Waals surface area contributed by atoms with E-state index in [2.05, 4.69) is 57.2 Å². The quantitative estimate of drug-likeness (QED) is 0.0170. The number of aliphatic hydroxyl groups is 2. The van der Waals surface area contributed by atoms with Crippen molar-refractivity contribution in [2.24, 2.45) is 44.6 Å². The van der Waals surface area contributed by atoms with Crippen LogP contribution in [0.3, 0.4) is 0 Å². The number of aliphatic imine (C=N–C) groups is 2. The fourth-order valence-electron chi connectivity index (χ4n) is 8.00. The normalized spacial score (nSPS) is 14.6. The van der Waals surface area contributed by atoms with E-state index in [1.807, 2.05) is 6.92 Å². The summed E-state index contributed by atoms with van der Waals surface area (Å²) in [4.78, 5) is 152. The molecule has 2 aromatic rings. The van der Waals surface area contributed by atoms with Gasteiger partial charge in [0.05, 0.1) is 37.7 Å². The Morgan fingerprint density at radius 1 is 0.651 bits per heavy atom. The van der Waals surface area contributed by atoms with Crippen molar-refractivity contribution in [3.8, 4) is 0 Å². The second-order valence-electron chi connectivity index (χ2n) is 20.0. The summed E-state index contributed by atoms with van der Waals surface area (Å²) < 4.78 is 0. The summed E-state index contributed by atoms with van der Waals surface area (Å²) in [6, 6.07) is -1.42. The van der Waals surface area contributed by atoms with E-state index in [4.69, 9.17) is 28.7 Å². The molecule has 0 saturated carbocycles. The number of H-pyrrole nitrogens is 1. The third-order valence-corrected chi connectivity index (χ3v) is 12.9. The van der Waals surface area contributed by atoms with E-state index in [0.29, 0.717) is 36.9 Å². The zero-order chi connectivity index (χ0) is 62.3. The van der Waals surface area contributed by atoms with Crippen LogP contribution in [-0.4, -0.2) is 206 Å². The summed E-state index contributed by atoms with van der Waals surface area (Å²) in [5.74, 6) is -9.95. The number of hydrogen-bond acceptors (Lipinski definition) is 16. The van der Waals surface area contributed by atoms with Gasteiger partial charge in [-0.3, -0.25) is 57.9 Å². The molecule has 1 aromatic carbocycles. The van der Waals surface area contributed by atoms with E-state index < -0.39 is 139 Å². The molecule has 0 aliphatic carbocycles. The maximum atomic E-state index is 14.2. The van der Waals surface area contributed by atoms with E-state index in [-0.39, 0.29) is 63.8 Å². The molecule has 1 unspecified atom stereocenters. The number of carbonyl (C=O) groups excluding carboxylic acids is 9. The summed E-state index contributed by atoms with van der Waals surface area (Å²) in [5, 5.41) is 48.5. The number of carboxylic acid groups (broad SMARTS) is 1. The first kappa shape index (κ1) is 70.7. The first-order valence-electron chi connectivity index (χ1n) is 27.3. The van der Waals surface area contributed by atoms with Crippen LogP contribution in [0, 0.1) is 5.92 Å². The van der Waals surface area contributed by atoms with Crippen molar-refractivity contribution in [3.63, 3.8) is 0 Å². The van der Waals surface area contributed by atoms with Gasteiger partial charge in [-0.25, -0.2) is 4.98 Å². The van der Waals surface area contributed by atoms with Crippen LogP contribution in [0.1, 0.15) is 91.3 Å². The number of nitrogens with two attached hydrogens (primary N) is 5. The summed E-state index contributed by atoms with van der Waals surface area (Å²) in [6.07, 6.45) is 1.24. The van der Waals surface area contributed by atoms with Crippen LogP contribution < -0.4 is 65.9 Å². The van der Waals surface area contributed by atoms with Gasteiger partial charge in [-0.1, -0.05) is 63.9 Å². The Morgan fingerprint density at radius 2 is 1.22 bits per heavy atom. The minimum Gasteiger partial charge on any atom is -0.480 e. The molecule has 0 bridgehead atoms. The predicted octanol–water partition coefficient (Wildman–Crippen LogP) is -5.37. The summed E-state index contributed by atoms with van der Waals surface area (Å²) >= 11 is 0. The Hall–Kier alpha value is -8.45. The van der Waals surface area contributed by atoms with Gasteiger partial charge in [0.2, 0.25) is 53.2 Å². The summed E-state index contributed by atoms with van der Waals surface area (Å²) in [7, 11) is 0. The lowest BCUT2D eigenvalue weighted by Gasteiger charge is -2.31. The van der Waals surface area contributed by atoms with Gasteiger partial charge in [0.1, 0.15) is 42.8 Å². The maximum absolute atomic E-state index is 14.2. The second-order valence-corrected chi connectivity index (χ2v) is 20.0. The number of nitrogens with one attached hydrogen (secondary N) is 8. The van der Waals surface area contributed by atoms with Crippen molar-refractivity contribution in [3.05, 3.63) is 54.1 Å². The highest BCUT2D eigenvalue weighted by Crippen LogP contribution is 2.13.